The van der Waals surface area contributed by atoms with Crippen molar-refractivity contribution in [3.05, 3.63) is 0 Å². The van der Waals surface area contributed by atoms with Crippen LogP contribution in [-0.2, 0) is 9.53 Å². The number of nitrogens with zero attached hydrogens (tertiary/aromatic N) is 1. The number of rotatable bonds is 5. The number of carbonyl (C=O) groups excluding carboxylic acids is 1. The summed E-state index contributed by atoms with van der Waals surface area (Å²) in [6.07, 6.45) is 9.61. The van der Waals surface area contributed by atoms with E-state index in [0.717, 1.165) is 39.0 Å². The fourth-order valence-electron chi connectivity index (χ4n) is 3.75. The molecule has 1 heterocycles. The molecule has 0 aromatic rings. The smallest absolute Gasteiger partial charge is 0.239 e. The predicted molar refractivity (Wildman–Crippen MR) is 80.3 cm³/mol. The second-order valence-corrected chi connectivity index (χ2v) is 6.59. The summed E-state index contributed by atoms with van der Waals surface area (Å²) in [4.78, 5) is 14.5. The Morgan fingerprint density at radius 1 is 1.20 bits per heavy atom. The Balaban J connectivity index is 1.79. The average molecular weight is 282 g/mol. The van der Waals surface area contributed by atoms with Crippen molar-refractivity contribution in [3.8, 4) is 0 Å². The van der Waals surface area contributed by atoms with Crippen LogP contribution < -0.4 is 5.73 Å². The van der Waals surface area contributed by atoms with Crippen molar-refractivity contribution in [2.45, 2.75) is 57.4 Å². The van der Waals surface area contributed by atoms with Crippen molar-refractivity contribution < 1.29 is 9.53 Å². The lowest BCUT2D eigenvalue weighted by molar-refractivity contribution is -0.135. The summed E-state index contributed by atoms with van der Waals surface area (Å²) < 4.78 is 5.22. The van der Waals surface area contributed by atoms with Gasteiger partial charge in [-0.1, -0.05) is 32.1 Å². The van der Waals surface area contributed by atoms with Gasteiger partial charge in [-0.15, -0.1) is 0 Å². The molecule has 2 N–H and O–H groups in total. The van der Waals surface area contributed by atoms with Crippen molar-refractivity contribution in [1.29, 1.82) is 0 Å². The monoisotopic (exact) mass is 282 g/mol. The van der Waals surface area contributed by atoms with Crippen molar-refractivity contribution in [1.82, 2.24) is 4.90 Å². The molecule has 2 atom stereocenters. The third-order valence-corrected chi connectivity index (χ3v) is 4.86. The highest BCUT2D eigenvalue weighted by molar-refractivity contribution is 5.81. The van der Waals surface area contributed by atoms with E-state index in [1.165, 1.54) is 32.1 Å². The highest BCUT2D eigenvalue weighted by Crippen LogP contribution is 2.27. The topological polar surface area (TPSA) is 55.6 Å². The SMILES string of the molecule is COCC1CCCN(C(=O)C(N)CC2CCCCC2)C1. The molecule has 1 saturated heterocycles. The van der Waals surface area contributed by atoms with Crippen LogP contribution in [0.2, 0.25) is 0 Å². The van der Waals surface area contributed by atoms with Crippen molar-refractivity contribution in [3.63, 3.8) is 0 Å². The van der Waals surface area contributed by atoms with E-state index < -0.39 is 0 Å². The maximum absolute atomic E-state index is 12.5. The van der Waals surface area contributed by atoms with Gasteiger partial charge in [-0.25, -0.2) is 0 Å². The highest BCUT2D eigenvalue weighted by atomic mass is 16.5. The van der Waals surface area contributed by atoms with E-state index in [1.807, 2.05) is 4.90 Å². The maximum Gasteiger partial charge on any atom is 0.239 e. The lowest BCUT2D eigenvalue weighted by atomic mass is 9.84. The first-order valence-corrected chi connectivity index (χ1v) is 8.24. The molecule has 0 bridgehead atoms. The minimum Gasteiger partial charge on any atom is -0.384 e. The molecule has 1 amide bonds. The second-order valence-electron chi connectivity index (χ2n) is 6.59. The van der Waals surface area contributed by atoms with E-state index in [-0.39, 0.29) is 11.9 Å². The molecule has 1 saturated carbocycles. The number of hydrogen-bond acceptors (Lipinski definition) is 3. The number of nitrogens with two attached hydrogens (primary N) is 1. The first-order chi connectivity index (χ1) is 9.70. The molecule has 4 nitrogen and oxygen atoms in total. The first kappa shape index (κ1) is 15.8. The van der Waals surface area contributed by atoms with Gasteiger partial charge in [0.2, 0.25) is 5.91 Å². The molecule has 0 aromatic heterocycles. The molecule has 0 aromatic carbocycles. The summed E-state index contributed by atoms with van der Waals surface area (Å²) in [5.41, 5.74) is 6.18. The van der Waals surface area contributed by atoms with Crippen molar-refractivity contribution >= 4 is 5.91 Å². The van der Waals surface area contributed by atoms with Crippen LogP contribution in [0.3, 0.4) is 0 Å². The molecular formula is C16H30N2O2. The first-order valence-electron chi connectivity index (χ1n) is 8.24. The number of piperidine rings is 1. The van der Waals surface area contributed by atoms with Gasteiger partial charge in [0.15, 0.2) is 0 Å². The Bertz CT molecular complexity index is 301. The zero-order valence-corrected chi connectivity index (χ0v) is 12.9. The number of methoxy groups -OCH3 is 1. The molecule has 2 aliphatic rings. The molecule has 0 spiro atoms. The zero-order valence-electron chi connectivity index (χ0n) is 12.9. The lowest BCUT2D eigenvalue weighted by Gasteiger charge is -2.35. The molecule has 2 rings (SSSR count). The van der Waals surface area contributed by atoms with Crippen LogP contribution in [0.1, 0.15) is 51.4 Å². The summed E-state index contributed by atoms with van der Waals surface area (Å²) in [6, 6.07) is -0.292. The summed E-state index contributed by atoms with van der Waals surface area (Å²) in [6.45, 7) is 2.45. The van der Waals surface area contributed by atoms with Crippen molar-refractivity contribution in [2.75, 3.05) is 26.8 Å². The average Bonchev–Trinajstić information content (AvgIpc) is 2.48. The van der Waals surface area contributed by atoms with Gasteiger partial charge in [0.1, 0.15) is 0 Å². The molecule has 20 heavy (non-hydrogen) atoms. The standard InChI is InChI=1S/C16H30N2O2/c1-20-12-14-8-5-9-18(11-14)16(19)15(17)10-13-6-3-2-4-7-13/h13-15H,2-12,17H2,1H3. The van der Waals surface area contributed by atoms with E-state index in [2.05, 4.69) is 0 Å². The predicted octanol–water partition coefficient (Wildman–Crippen LogP) is 2.17. The van der Waals surface area contributed by atoms with Gasteiger partial charge in [0, 0.05) is 20.2 Å². The number of carbonyl (C=O) groups is 1. The molecule has 0 radical (unpaired) electrons. The van der Waals surface area contributed by atoms with Crippen LogP contribution in [0.15, 0.2) is 0 Å². The largest absolute Gasteiger partial charge is 0.384 e. The van der Waals surface area contributed by atoms with E-state index >= 15 is 0 Å². The Morgan fingerprint density at radius 2 is 1.90 bits per heavy atom. The van der Waals surface area contributed by atoms with Crippen LogP contribution in [0, 0.1) is 11.8 Å². The van der Waals surface area contributed by atoms with E-state index in [4.69, 9.17) is 10.5 Å². The van der Waals surface area contributed by atoms with Crippen LogP contribution >= 0.6 is 0 Å². The number of likely N-dealkylation sites (tertiary alicyclic amines) is 1. The molecule has 4 heteroatoms. The maximum atomic E-state index is 12.5. The number of hydrogen-bond donors (Lipinski definition) is 1. The summed E-state index contributed by atoms with van der Waals surface area (Å²) >= 11 is 0. The van der Waals surface area contributed by atoms with E-state index in [9.17, 15) is 4.79 Å². The minimum atomic E-state index is -0.292. The Kier molecular flexibility index (Phi) is 6.30. The van der Waals surface area contributed by atoms with Gasteiger partial charge < -0.3 is 15.4 Å². The van der Waals surface area contributed by atoms with Crippen LogP contribution in [-0.4, -0.2) is 43.7 Å². The molecule has 1 aliphatic heterocycles. The Morgan fingerprint density at radius 3 is 2.60 bits per heavy atom. The number of amides is 1. The van der Waals surface area contributed by atoms with Crippen LogP contribution in [0.25, 0.3) is 0 Å². The van der Waals surface area contributed by atoms with Crippen LogP contribution in [0.4, 0.5) is 0 Å². The van der Waals surface area contributed by atoms with Crippen molar-refractivity contribution in [2.24, 2.45) is 17.6 Å². The molecule has 2 unspecified atom stereocenters. The summed E-state index contributed by atoms with van der Waals surface area (Å²) in [5, 5.41) is 0. The lowest BCUT2D eigenvalue weighted by Crippen LogP contribution is -2.49. The zero-order chi connectivity index (χ0) is 14.4. The van der Waals surface area contributed by atoms with Gasteiger partial charge in [0.05, 0.1) is 12.6 Å². The minimum absolute atomic E-state index is 0.163. The quantitative estimate of drug-likeness (QED) is 0.841. The van der Waals surface area contributed by atoms with E-state index in [1.54, 1.807) is 7.11 Å². The normalized spacial score (nSPS) is 26.5. The van der Waals surface area contributed by atoms with Gasteiger partial charge in [-0.05, 0) is 31.1 Å². The molecule has 116 valence electrons. The third kappa shape index (κ3) is 4.45. The van der Waals surface area contributed by atoms with E-state index in [0.29, 0.717) is 11.8 Å². The van der Waals surface area contributed by atoms with Crippen LogP contribution in [0.5, 0.6) is 0 Å². The summed E-state index contributed by atoms with van der Waals surface area (Å²) in [7, 11) is 1.73. The van der Waals surface area contributed by atoms with Gasteiger partial charge >= 0.3 is 0 Å². The Labute approximate surface area is 123 Å². The molecule has 2 fully saturated rings. The highest BCUT2D eigenvalue weighted by Gasteiger charge is 2.28. The van der Waals surface area contributed by atoms with Gasteiger partial charge in [-0.2, -0.15) is 0 Å². The molecule has 1 aliphatic carbocycles. The van der Waals surface area contributed by atoms with Gasteiger partial charge in [0.25, 0.3) is 0 Å². The fraction of sp³-hybridized carbons (Fsp3) is 0.938. The second kappa shape index (κ2) is 7.99. The third-order valence-electron chi connectivity index (χ3n) is 4.86. The fourth-order valence-corrected chi connectivity index (χ4v) is 3.75. The van der Waals surface area contributed by atoms with Gasteiger partial charge in [-0.3, -0.25) is 4.79 Å². The number of ether oxygens (including phenoxy) is 1. The molecular weight excluding hydrogens is 252 g/mol. The summed E-state index contributed by atoms with van der Waals surface area (Å²) in [5.74, 6) is 1.32. The Hall–Kier alpha value is -0.610.